The van der Waals surface area contributed by atoms with E-state index in [-0.39, 0.29) is 18.7 Å². The number of carboxylic acid groups (broad SMARTS) is 1. The fourth-order valence-corrected chi connectivity index (χ4v) is 1.00. The third-order valence-corrected chi connectivity index (χ3v) is 1.84. The zero-order valence-corrected chi connectivity index (χ0v) is 8.64. The Balaban J connectivity index is 2.34. The van der Waals surface area contributed by atoms with Crippen LogP contribution in [0.1, 0.15) is 22.7 Å². The van der Waals surface area contributed by atoms with E-state index in [1.54, 1.807) is 6.92 Å². The summed E-state index contributed by atoms with van der Waals surface area (Å²) in [6.45, 7) is 1.72. The first-order valence-corrected chi connectivity index (χ1v) is 4.63. The number of aliphatic hydroxyl groups is 1. The lowest BCUT2D eigenvalue weighted by Gasteiger charge is -2.05. The molecule has 1 aromatic heterocycles. The number of aromatic nitrogens is 1. The average molecular weight is 228 g/mol. The lowest BCUT2D eigenvalue weighted by atomic mass is 10.2. The van der Waals surface area contributed by atoms with Crippen LogP contribution in [0.5, 0.6) is 0 Å². The molecule has 1 atom stereocenters. The number of rotatable bonds is 5. The Labute approximate surface area is 91.0 Å². The van der Waals surface area contributed by atoms with Gasteiger partial charge < -0.3 is 20.1 Å². The molecule has 1 rings (SSSR count). The summed E-state index contributed by atoms with van der Waals surface area (Å²) >= 11 is 0. The van der Waals surface area contributed by atoms with Gasteiger partial charge in [-0.25, -0.2) is 4.79 Å². The van der Waals surface area contributed by atoms with Gasteiger partial charge in [0.15, 0.2) is 6.10 Å². The quantitative estimate of drug-likeness (QED) is 0.629. The molecule has 1 amide bonds. The van der Waals surface area contributed by atoms with Crippen LogP contribution in [-0.2, 0) is 4.79 Å². The van der Waals surface area contributed by atoms with Gasteiger partial charge in [-0.3, -0.25) is 4.79 Å². The van der Waals surface area contributed by atoms with Crippen molar-refractivity contribution in [3.63, 3.8) is 0 Å². The third kappa shape index (κ3) is 3.35. The SMILES string of the molecule is Cc1cc(C(=O)NCC[C@H](O)C(=O)O)on1. The molecule has 0 aliphatic carbocycles. The fraction of sp³-hybridized carbons (Fsp3) is 0.444. The second-order valence-electron chi connectivity index (χ2n) is 3.23. The number of aryl methyl sites for hydroxylation is 1. The molecule has 0 saturated carbocycles. The lowest BCUT2D eigenvalue weighted by molar-refractivity contribution is -0.146. The second kappa shape index (κ2) is 5.26. The minimum absolute atomic E-state index is 0.0477. The summed E-state index contributed by atoms with van der Waals surface area (Å²) in [5, 5.41) is 23.2. The van der Waals surface area contributed by atoms with Crippen molar-refractivity contribution in [1.82, 2.24) is 10.5 Å². The zero-order chi connectivity index (χ0) is 12.1. The normalized spacial score (nSPS) is 12.1. The molecule has 0 aliphatic heterocycles. The van der Waals surface area contributed by atoms with Crippen LogP contribution >= 0.6 is 0 Å². The van der Waals surface area contributed by atoms with Crippen LogP contribution in [0.15, 0.2) is 10.6 Å². The molecular formula is C9H12N2O5. The molecule has 0 bridgehead atoms. The smallest absolute Gasteiger partial charge is 0.332 e. The fourth-order valence-electron chi connectivity index (χ4n) is 1.00. The zero-order valence-electron chi connectivity index (χ0n) is 8.64. The summed E-state index contributed by atoms with van der Waals surface area (Å²) < 4.78 is 4.69. The highest BCUT2D eigenvalue weighted by Crippen LogP contribution is 2.01. The van der Waals surface area contributed by atoms with Gasteiger partial charge in [0.05, 0.1) is 5.69 Å². The van der Waals surface area contributed by atoms with Crippen molar-refractivity contribution in [2.75, 3.05) is 6.54 Å². The third-order valence-electron chi connectivity index (χ3n) is 1.84. The van der Waals surface area contributed by atoms with Gasteiger partial charge >= 0.3 is 5.97 Å². The monoisotopic (exact) mass is 228 g/mol. The maximum Gasteiger partial charge on any atom is 0.332 e. The molecule has 16 heavy (non-hydrogen) atoms. The number of amides is 1. The second-order valence-corrected chi connectivity index (χ2v) is 3.23. The molecule has 88 valence electrons. The first kappa shape index (κ1) is 12.2. The molecule has 0 fully saturated rings. The van der Waals surface area contributed by atoms with E-state index in [0.717, 1.165) is 0 Å². The highest BCUT2D eigenvalue weighted by Gasteiger charge is 2.15. The average Bonchev–Trinajstić information content (AvgIpc) is 2.64. The molecule has 1 aromatic rings. The Morgan fingerprint density at radius 3 is 2.81 bits per heavy atom. The molecule has 0 radical (unpaired) electrons. The number of nitrogens with zero attached hydrogens (tertiary/aromatic N) is 1. The van der Waals surface area contributed by atoms with Gasteiger partial charge in [-0.1, -0.05) is 5.16 Å². The summed E-state index contributed by atoms with van der Waals surface area (Å²) in [7, 11) is 0. The maximum absolute atomic E-state index is 11.3. The number of nitrogens with one attached hydrogen (secondary N) is 1. The predicted octanol–water partition coefficient (Wildman–Crippen LogP) is -0.452. The van der Waals surface area contributed by atoms with E-state index in [1.807, 2.05) is 0 Å². The van der Waals surface area contributed by atoms with Crippen LogP contribution in [0, 0.1) is 6.92 Å². The van der Waals surface area contributed by atoms with Crippen molar-refractivity contribution in [3.8, 4) is 0 Å². The first-order valence-electron chi connectivity index (χ1n) is 4.63. The topological polar surface area (TPSA) is 113 Å². The lowest BCUT2D eigenvalue weighted by Crippen LogP contribution is -2.29. The van der Waals surface area contributed by atoms with Crippen molar-refractivity contribution < 1.29 is 24.3 Å². The molecule has 0 saturated heterocycles. The van der Waals surface area contributed by atoms with Crippen LogP contribution in [0.4, 0.5) is 0 Å². The minimum Gasteiger partial charge on any atom is -0.479 e. The van der Waals surface area contributed by atoms with Crippen LogP contribution in [-0.4, -0.2) is 39.9 Å². The Hall–Kier alpha value is -1.89. The molecular weight excluding hydrogens is 216 g/mol. The Bertz CT molecular complexity index is 387. The van der Waals surface area contributed by atoms with Gasteiger partial charge in [0.2, 0.25) is 5.76 Å². The molecule has 0 aromatic carbocycles. The molecule has 0 spiro atoms. The molecule has 7 nitrogen and oxygen atoms in total. The molecule has 1 heterocycles. The van der Waals surface area contributed by atoms with Gasteiger partial charge in [-0.2, -0.15) is 0 Å². The number of aliphatic hydroxyl groups excluding tert-OH is 1. The van der Waals surface area contributed by atoms with E-state index in [9.17, 15) is 9.59 Å². The van der Waals surface area contributed by atoms with Crippen molar-refractivity contribution in [2.45, 2.75) is 19.4 Å². The summed E-state index contributed by atoms with van der Waals surface area (Å²) in [5.74, 6) is -1.75. The van der Waals surface area contributed by atoms with Crippen LogP contribution < -0.4 is 5.32 Å². The van der Waals surface area contributed by atoms with Crippen LogP contribution in [0.25, 0.3) is 0 Å². The predicted molar refractivity (Wildman–Crippen MR) is 51.8 cm³/mol. The number of aliphatic carboxylic acids is 1. The first-order chi connectivity index (χ1) is 7.50. The van der Waals surface area contributed by atoms with Crippen molar-refractivity contribution >= 4 is 11.9 Å². The number of hydrogen-bond donors (Lipinski definition) is 3. The molecule has 3 N–H and O–H groups in total. The molecule has 0 unspecified atom stereocenters. The van der Waals surface area contributed by atoms with Crippen molar-refractivity contribution in [3.05, 3.63) is 17.5 Å². The van der Waals surface area contributed by atoms with E-state index in [0.29, 0.717) is 5.69 Å². The number of carbonyl (C=O) groups is 2. The Morgan fingerprint density at radius 1 is 1.62 bits per heavy atom. The standard InChI is InChI=1S/C9H12N2O5/c1-5-4-7(16-11-5)8(13)10-3-2-6(12)9(14)15/h4,6,12H,2-3H2,1H3,(H,10,13)(H,14,15)/t6-/m0/s1. The van der Waals surface area contributed by atoms with Gasteiger partial charge in [0.25, 0.3) is 5.91 Å². The van der Waals surface area contributed by atoms with E-state index < -0.39 is 18.0 Å². The maximum atomic E-state index is 11.3. The van der Waals surface area contributed by atoms with E-state index in [4.69, 9.17) is 14.7 Å². The van der Waals surface area contributed by atoms with Crippen LogP contribution in [0.2, 0.25) is 0 Å². The summed E-state index contributed by atoms with van der Waals surface area (Å²) in [6, 6.07) is 1.46. The van der Waals surface area contributed by atoms with E-state index >= 15 is 0 Å². The highest BCUT2D eigenvalue weighted by atomic mass is 16.5. The summed E-state index contributed by atoms with van der Waals surface area (Å²) in [4.78, 5) is 21.6. The number of carboxylic acids is 1. The largest absolute Gasteiger partial charge is 0.479 e. The number of hydrogen-bond acceptors (Lipinski definition) is 5. The van der Waals surface area contributed by atoms with Crippen molar-refractivity contribution in [1.29, 1.82) is 0 Å². The number of carbonyl (C=O) groups excluding carboxylic acids is 1. The van der Waals surface area contributed by atoms with Gasteiger partial charge in [0, 0.05) is 19.0 Å². The van der Waals surface area contributed by atoms with E-state index in [1.165, 1.54) is 6.07 Å². The minimum atomic E-state index is -1.48. The van der Waals surface area contributed by atoms with Crippen molar-refractivity contribution in [2.24, 2.45) is 0 Å². The molecule has 0 aliphatic rings. The summed E-state index contributed by atoms with van der Waals surface area (Å²) in [6.07, 6.45) is -1.54. The summed E-state index contributed by atoms with van der Waals surface area (Å²) in [5.41, 5.74) is 0.579. The van der Waals surface area contributed by atoms with Gasteiger partial charge in [-0.05, 0) is 6.92 Å². The molecule has 7 heteroatoms. The van der Waals surface area contributed by atoms with E-state index in [2.05, 4.69) is 10.5 Å². The Morgan fingerprint density at radius 2 is 2.31 bits per heavy atom. The van der Waals surface area contributed by atoms with Gasteiger partial charge in [0.1, 0.15) is 0 Å². The van der Waals surface area contributed by atoms with Gasteiger partial charge in [-0.15, -0.1) is 0 Å². The highest BCUT2D eigenvalue weighted by molar-refractivity contribution is 5.91. The Kier molecular flexibility index (Phi) is 4.01. The van der Waals surface area contributed by atoms with Crippen LogP contribution in [0.3, 0.4) is 0 Å².